The lowest BCUT2D eigenvalue weighted by Crippen LogP contribution is -1.96. The van der Waals surface area contributed by atoms with E-state index in [1.807, 2.05) is 6.92 Å². The monoisotopic (exact) mass is 308 g/mol. The van der Waals surface area contributed by atoms with Crippen LogP contribution in [0.25, 0.3) is 0 Å². The molecule has 0 bridgehead atoms. The van der Waals surface area contributed by atoms with E-state index in [0.717, 1.165) is 24.4 Å². The van der Waals surface area contributed by atoms with Crippen LogP contribution in [0, 0.1) is 6.92 Å². The Morgan fingerprint density at radius 3 is 2.50 bits per heavy atom. The van der Waals surface area contributed by atoms with Crippen molar-refractivity contribution in [1.82, 2.24) is 0 Å². The van der Waals surface area contributed by atoms with Crippen LogP contribution in [0.2, 0.25) is 0 Å². The van der Waals surface area contributed by atoms with Crippen LogP contribution in [0.3, 0.4) is 0 Å². The van der Waals surface area contributed by atoms with E-state index >= 15 is 0 Å². The van der Waals surface area contributed by atoms with Gasteiger partial charge in [-0.2, -0.15) is 0 Å². The van der Waals surface area contributed by atoms with Gasteiger partial charge in [0, 0.05) is 12.7 Å². The summed E-state index contributed by atoms with van der Waals surface area (Å²) in [7, 11) is 1.73. The van der Waals surface area contributed by atoms with Crippen molar-refractivity contribution in [3.8, 4) is 0 Å². The lowest BCUT2D eigenvalue weighted by molar-refractivity contribution is 0.202. The summed E-state index contributed by atoms with van der Waals surface area (Å²) in [6, 6.07) is 10.6. The highest BCUT2D eigenvalue weighted by Crippen LogP contribution is 2.31. The Kier molecular flexibility index (Phi) is 4.61. The Morgan fingerprint density at radius 1 is 1.22 bits per heavy atom. The minimum Gasteiger partial charge on any atom is -0.469 e. The molecule has 1 unspecified atom stereocenters. The van der Waals surface area contributed by atoms with Gasteiger partial charge in [-0.1, -0.05) is 40.2 Å². The van der Waals surface area contributed by atoms with Crippen molar-refractivity contribution in [1.29, 1.82) is 0 Å². The number of furan rings is 1. The molecule has 2 rings (SSSR count). The Balaban J connectivity index is 2.09. The van der Waals surface area contributed by atoms with E-state index in [2.05, 4.69) is 46.3 Å². The maximum absolute atomic E-state index is 5.34. The maximum Gasteiger partial charge on any atom is 0.101 e. The average Bonchev–Trinajstić information content (AvgIpc) is 2.83. The molecule has 0 spiro atoms. The van der Waals surface area contributed by atoms with E-state index in [1.165, 1.54) is 11.1 Å². The number of halogens is 1. The molecule has 1 aromatic carbocycles. The Morgan fingerprint density at radius 2 is 1.94 bits per heavy atom. The fourth-order valence-electron chi connectivity index (χ4n) is 1.86. The van der Waals surface area contributed by atoms with Gasteiger partial charge in [-0.05, 0) is 30.5 Å². The topological polar surface area (TPSA) is 22.4 Å². The van der Waals surface area contributed by atoms with Crippen molar-refractivity contribution in [2.75, 3.05) is 13.7 Å². The molecule has 2 nitrogen and oxygen atoms in total. The van der Waals surface area contributed by atoms with Gasteiger partial charge in [0.25, 0.3) is 0 Å². The molecule has 0 N–H and O–H groups in total. The summed E-state index contributed by atoms with van der Waals surface area (Å²) < 4.78 is 10.4. The molecule has 1 aromatic heterocycles. The number of hydrogen-bond acceptors (Lipinski definition) is 2. The van der Waals surface area contributed by atoms with Crippen molar-refractivity contribution >= 4 is 15.9 Å². The molecule has 0 fully saturated rings. The molecule has 0 radical (unpaired) electrons. The van der Waals surface area contributed by atoms with Crippen molar-refractivity contribution in [3.05, 3.63) is 59.0 Å². The molecule has 96 valence electrons. The molecule has 2 aromatic rings. The van der Waals surface area contributed by atoms with Crippen molar-refractivity contribution < 1.29 is 9.15 Å². The second kappa shape index (κ2) is 6.21. The molecule has 0 amide bonds. The first-order chi connectivity index (χ1) is 8.70. The van der Waals surface area contributed by atoms with Crippen LogP contribution < -0.4 is 0 Å². The standard InChI is InChI=1S/C15H17BrO2/c1-11-9-14(10-18-11)15(16)13-5-3-12(4-6-13)7-8-17-2/h3-6,9-10,15H,7-8H2,1-2H3. The third-order valence-electron chi connectivity index (χ3n) is 2.91. The van der Waals surface area contributed by atoms with Crippen LogP contribution in [0.1, 0.15) is 27.3 Å². The van der Waals surface area contributed by atoms with Crippen LogP contribution in [0.15, 0.2) is 41.0 Å². The second-order valence-electron chi connectivity index (χ2n) is 4.34. The largest absolute Gasteiger partial charge is 0.469 e. The number of aryl methyl sites for hydroxylation is 1. The third kappa shape index (κ3) is 3.24. The lowest BCUT2D eigenvalue weighted by atomic mass is 10.0. The number of methoxy groups -OCH3 is 1. The van der Waals surface area contributed by atoms with Gasteiger partial charge in [0.1, 0.15) is 5.76 Å². The fraction of sp³-hybridized carbons (Fsp3) is 0.333. The molecule has 0 aliphatic carbocycles. The molecule has 3 heteroatoms. The minimum absolute atomic E-state index is 0.187. The summed E-state index contributed by atoms with van der Waals surface area (Å²) in [5.74, 6) is 0.936. The summed E-state index contributed by atoms with van der Waals surface area (Å²) in [6.45, 7) is 2.72. The molecule has 0 aliphatic heterocycles. The van der Waals surface area contributed by atoms with Crippen molar-refractivity contribution in [2.24, 2.45) is 0 Å². The first kappa shape index (κ1) is 13.4. The zero-order chi connectivity index (χ0) is 13.0. The molecule has 0 saturated heterocycles. The third-order valence-corrected chi connectivity index (χ3v) is 3.97. The number of hydrogen-bond donors (Lipinski definition) is 0. The van der Waals surface area contributed by atoms with Crippen LogP contribution >= 0.6 is 15.9 Å². The molecule has 1 atom stereocenters. The predicted molar refractivity (Wildman–Crippen MR) is 76.2 cm³/mol. The Bertz CT molecular complexity index is 487. The molecular formula is C15H17BrO2. The maximum atomic E-state index is 5.34. The first-order valence-electron chi connectivity index (χ1n) is 5.97. The van der Waals surface area contributed by atoms with E-state index in [9.17, 15) is 0 Å². The van der Waals surface area contributed by atoms with Gasteiger partial charge in [0.2, 0.25) is 0 Å². The fourth-order valence-corrected chi connectivity index (χ4v) is 2.41. The van der Waals surface area contributed by atoms with Gasteiger partial charge >= 0.3 is 0 Å². The van der Waals surface area contributed by atoms with Crippen LogP contribution in [0.5, 0.6) is 0 Å². The van der Waals surface area contributed by atoms with Crippen molar-refractivity contribution in [3.63, 3.8) is 0 Å². The molecule has 0 saturated carbocycles. The van der Waals surface area contributed by atoms with E-state index < -0.39 is 0 Å². The predicted octanol–water partition coefficient (Wildman–Crippen LogP) is 4.26. The van der Waals surface area contributed by atoms with Gasteiger partial charge in [0.15, 0.2) is 0 Å². The highest BCUT2D eigenvalue weighted by molar-refractivity contribution is 9.09. The average molecular weight is 309 g/mol. The quantitative estimate of drug-likeness (QED) is 0.770. The van der Waals surface area contributed by atoms with Gasteiger partial charge in [0.05, 0.1) is 17.7 Å². The van der Waals surface area contributed by atoms with E-state index in [4.69, 9.17) is 9.15 Å². The molecule has 0 aliphatic rings. The molecule has 18 heavy (non-hydrogen) atoms. The van der Waals surface area contributed by atoms with Gasteiger partial charge in [-0.25, -0.2) is 0 Å². The van der Waals surface area contributed by atoms with Crippen LogP contribution in [0.4, 0.5) is 0 Å². The van der Waals surface area contributed by atoms with Crippen LogP contribution in [-0.2, 0) is 11.2 Å². The Hall–Kier alpha value is -1.06. The van der Waals surface area contributed by atoms with E-state index in [1.54, 1.807) is 13.4 Å². The number of alkyl halides is 1. The number of rotatable bonds is 5. The zero-order valence-electron chi connectivity index (χ0n) is 10.7. The van der Waals surface area contributed by atoms with Gasteiger partial charge < -0.3 is 9.15 Å². The second-order valence-corrected chi connectivity index (χ2v) is 5.25. The Labute approximate surface area is 116 Å². The SMILES string of the molecule is COCCc1ccc(C(Br)c2coc(C)c2)cc1. The summed E-state index contributed by atoms with van der Waals surface area (Å²) in [4.78, 5) is 0.187. The number of benzene rings is 1. The van der Waals surface area contributed by atoms with Crippen LogP contribution in [-0.4, -0.2) is 13.7 Å². The summed E-state index contributed by atoms with van der Waals surface area (Å²) in [6.07, 6.45) is 2.75. The lowest BCUT2D eigenvalue weighted by Gasteiger charge is -2.09. The molecular weight excluding hydrogens is 292 g/mol. The summed E-state index contributed by atoms with van der Waals surface area (Å²) >= 11 is 3.70. The number of ether oxygens (including phenoxy) is 1. The highest BCUT2D eigenvalue weighted by Gasteiger charge is 2.12. The minimum atomic E-state index is 0.187. The highest BCUT2D eigenvalue weighted by atomic mass is 79.9. The zero-order valence-corrected chi connectivity index (χ0v) is 12.2. The first-order valence-corrected chi connectivity index (χ1v) is 6.89. The normalized spacial score (nSPS) is 12.6. The van der Waals surface area contributed by atoms with E-state index in [-0.39, 0.29) is 4.83 Å². The van der Waals surface area contributed by atoms with E-state index in [0.29, 0.717) is 0 Å². The molecule has 1 heterocycles. The van der Waals surface area contributed by atoms with Gasteiger partial charge in [-0.3, -0.25) is 0 Å². The smallest absolute Gasteiger partial charge is 0.101 e. The summed E-state index contributed by atoms with van der Waals surface area (Å²) in [5.41, 5.74) is 3.68. The van der Waals surface area contributed by atoms with Crippen molar-refractivity contribution in [2.45, 2.75) is 18.2 Å². The summed E-state index contributed by atoms with van der Waals surface area (Å²) in [5, 5.41) is 0. The van der Waals surface area contributed by atoms with Gasteiger partial charge in [-0.15, -0.1) is 0 Å².